The van der Waals surface area contributed by atoms with Crippen molar-refractivity contribution in [2.45, 2.75) is 12.1 Å². The number of amides is 2. The van der Waals surface area contributed by atoms with Gasteiger partial charge in [0.15, 0.2) is 6.10 Å². The SMILES string of the molecule is O=C1C2ON(c3cccc([N+](=O)[O-])c3)C(c3ccc(Cl)cc3Cl)C2C(=O)N1c1ccc(F)cc1. The third-order valence-corrected chi connectivity index (χ3v) is 6.34. The van der Waals surface area contributed by atoms with Gasteiger partial charge in [0, 0.05) is 22.2 Å². The number of hydrogen-bond acceptors (Lipinski definition) is 6. The Morgan fingerprint density at radius 1 is 0.941 bits per heavy atom. The average Bonchev–Trinajstić information content (AvgIpc) is 3.31. The molecule has 0 aromatic heterocycles. The van der Waals surface area contributed by atoms with E-state index in [0.29, 0.717) is 10.6 Å². The molecular formula is C23H14Cl2FN3O5. The second-order valence-corrected chi connectivity index (χ2v) is 8.60. The Hall–Kier alpha value is -3.53. The summed E-state index contributed by atoms with van der Waals surface area (Å²) in [5.41, 5.74) is 0.739. The normalized spacial score (nSPS) is 21.8. The zero-order valence-corrected chi connectivity index (χ0v) is 18.6. The third-order valence-electron chi connectivity index (χ3n) is 5.78. The van der Waals surface area contributed by atoms with Gasteiger partial charge in [-0.2, -0.15) is 0 Å². The summed E-state index contributed by atoms with van der Waals surface area (Å²) in [6, 6.07) is 14.4. The van der Waals surface area contributed by atoms with Gasteiger partial charge in [-0.3, -0.25) is 24.5 Å². The molecule has 0 saturated carbocycles. The molecule has 11 heteroatoms. The zero-order chi connectivity index (χ0) is 24.1. The summed E-state index contributed by atoms with van der Waals surface area (Å²) < 4.78 is 13.4. The number of rotatable bonds is 4. The number of fused-ring (bicyclic) bond motifs is 1. The lowest BCUT2D eigenvalue weighted by Gasteiger charge is -2.29. The average molecular weight is 502 g/mol. The number of anilines is 2. The molecule has 2 saturated heterocycles. The Labute approximate surface area is 202 Å². The molecule has 0 bridgehead atoms. The highest BCUT2D eigenvalue weighted by Crippen LogP contribution is 2.49. The van der Waals surface area contributed by atoms with E-state index >= 15 is 0 Å². The molecule has 3 aromatic rings. The summed E-state index contributed by atoms with van der Waals surface area (Å²) in [6.07, 6.45) is -1.21. The van der Waals surface area contributed by atoms with Crippen molar-refractivity contribution in [1.82, 2.24) is 0 Å². The van der Waals surface area contributed by atoms with Crippen LogP contribution in [-0.4, -0.2) is 22.8 Å². The van der Waals surface area contributed by atoms with Gasteiger partial charge in [0.25, 0.3) is 11.6 Å². The maximum absolute atomic E-state index is 13.5. The highest BCUT2D eigenvalue weighted by Gasteiger charge is 2.60. The number of imide groups is 1. The number of halogens is 3. The van der Waals surface area contributed by atoms with Gasteiger partial charge >= 0.3 is 0 Å². The second-order valence-electron chi connectivity index (χ2n) is 7.75. The first kappa shape index (κ1) is 22.3. The lowest BCUT2D eigenvalue weighted by atomic mass is 9.90. The zero-order valence-electron chi connectivity index (χ0n) is 17.1. The topological polar surface area (TPSA) is 93.0 Å². The van der Waals surface area contributed by atoms with Crippen LogP contribution in [0.2, 0.25) is 10.0 Å². The molecule has 2 amide bonds. The van der Waals surface area contributed by atoms with Crippen molar-refractivity contribution in [2.75, 3.05) is 9.96 Å². The van der Waals surface area contributed by atoms with Crippen LogP contribution in [0.1, 0.15) is 11.6 Å². The monoisotopic (exact) mass is 501 g/mol. The van der Waals surface area contributed by atoms with Crippen molar-refractivity contribution in [3.05, 3.63) is 98.3 Å². The number of carbonyl (C=O) groups is 2. The Bertz CT molecular complexity index is 1340. The smallest absolute Gasteiger partial charge is 0.271 e. The van der Waals surface area contributed by atoms with Crippen molar-refractivity contribution >= 4 is 52.1 Å². The molecule has 3 aromatic carbocycles. The molecule has 3 atom stereocenters. The molecular weight excluding hydrogens is 488 g/mol. The van der Waals surface area contributed by atoms with E-state index in [2.05, 4.69) is 0 Å². The van der Waals surface area contributed by atoms with E-state index in [4.69, 9.17) is 28.0 Å². The fraction of sp³-hybridized carbons (Fsp3) is 0.130. The Morgan fingerprint density at radius 2 is 1.68 bits per heavy atom. The van der Waals surface area contributed by atoms with Gasteiger partial charge in [0.1, 0.15) is 11.7 Å². The maximum Gasteiger partial charge on any atom is 0.271 e. The molecule has 2 heterocycles. The number of nitro groups is 1. The number of hydroxylamine groups is 1. The highest BCUT2D eigenvalue weighted by atomic mass is 35.5. The summed E-state index contributed by atoms with van der Waals surface area (Å²) in [4.78, 5) is 44.4. The van der Waals surface area contributed by atoms with Crippen LogP contribution >= 0.6 is 23.2 Å². The van der Waals surface area contributed by atoms with Gasteiger partial charge in [0.2, 0.25) is 5.91 Å². The van der Waals surface area contributed by atoms with Crippen molar-refractivity contribution in [3.8, 4) is 0 Å². The van der Waals surface area contributed by atoms with Crippen molar-refractivity contribution in [1.29, 1.82) is 0 Å². The summed E-state index contributed by atoms with van der Waals surface area (Å²) in [6.45, 7) is 0. The van der Waals surface area contributed by atoms with Gasteiger partial charge in [-0.1, -0.05) is 35.3 Å². The largest absolute Gasteiger partial charge is 0.273 e. The van der Waals surface area contributed by atoms with Crippen molar-refractivity contribution in [3.63, 3.8) is 0 Å². The number of nitro benzene ring substituents is 1. The number of nitrogens with zero attached hydrogens (tertiary/aromatic N) is 3. The minimum atomic E-state index is -1.21. The van der Waals surface area contributed by atoms with Crippen LogP contribution in [0.4, 0.5) is 21.5 Å². The summed E-state index contributed by atoms with van der Waals surface area (Å²) in [7, 11) is 0. The molecule has 5 rings (SSSR count). The number of benzene rings is 3. The van der Waals surface area contributed by atoms with Crippen LogP contribution in [0.5, 0.6) is 0 Å². The van der Waals surface area contributed by atoms with E-state index in [9.17, 15) is 24.1 Å². The van der Waals surface area contributed by atoms with E-state index < -0.39 is 40.6 Å². The number of carbonyl (C=O) groups excluding carboxylic acids is 2. The van der Waals surface area contributed by atoms with E-state index in [-0.39, 0.29) is 22.1 Å². The second kappa shape index (κ2) is 8.35. The molecule has 34 heavy (non-hydrogen) atoms. The fourth-order valence-electron chi connectivity index (χ4n) is 4.28. The van der Waals surface area contributed by atoms with Crippen LogP contribution in [0.3, 0.4) is 0 Å². The van der Waals surface area contributed by atoms with Crippen LogP contribution in [0, 0.1) is 21.8 Å². The minimum absolute atomic E-state index is 0.190. The molecule has 0 spiro atoms. The Morgan fingerprint density at radius 3 is 2.35 bits per heavy atom. The van der Waals surface area contributed by atoms with Gasteiger partial charge in [-0.25, -0.2) is 14.4 Å². The molecule has 3 unspecified atom stereocenters. The molecule has 0 radical (unpaired) electrons. The highest BCUT2D eigenvalue weighted by molar-refractivity contribution is 6.35. The first-order valence-corrected chi connectivity index (χ1v) is 10.8. The van der Waals surface area contributed by atoms with Crippen LogP contribution in [0.25, 0.3) is 0 Å². The van der Waals surface area contributed by atoms with Gasteiger partial charge in [-0.15, -0.1) is 0 Å². The van der Waals surface area contributed by atoms with E-state index in [1.807, 2.05) is 0 Å². The van der Waals surface area contributed by atoms with Crippen LogP contribution in [-0.2, 0) is 14.4 Å². The molecule has 0 aliphatic carbocycles. The van der Waals surface area contributed by atoms with Crippen LogP contribution < -0.4 is 9.96 Å². The summed E-state index contributed by atoms with van der Waals surface area (Å²) in [5, 5.41) is 13.2. The maximum atomic E-state index is 13.5. The Balaban J connectivity index is 1.62. The molecule has 0 N–H and O–H groups in total. The molecule has 2 aliphatic heterocycles. The first-order valence-electron chi connectivity index (χ1n) is 10.0. The number of non-ortho nitro benzene ring substituents is 1. The summed E-state index contributed by atoms with van der Waals surface area (Å²) in [5.74, 6) is -2.73. The quantitative estimate of drug-likeness (QED) is 0.280. The summed E-state index contributed by atoms with van der Waals surface area (Å²) >= 11 is 12.5. The lowest BCUT2D eigenvalue weighted by molar-refractivity contribution is -0.384. The molecule has 2 aliphatic rings. The van der Waals surface area contributed by atoms with Crippen molar-refractivity contribution < 1.29 is 23.7 Å². The van der Waals surface area contributed by atoms with E-state index in [1.165, 1.54) is 41.5 Å². The van der Waals surface area contributed by atoms with E-state index in [1.54, 1.807) is 18.2 Å². The van der Waals surface area contributed by atoms with Gasteiger partial charge in [-0.05, 0) is 48.0 Å². The predicted octanol–water partition coefficient (Wildman–Crippen LogP) is 5.09. The third kappa shape index (κ3) is 3.58. The van der Waals surface area contributed by atoms with Crippen LogP contribution in [0.15, 0.2) is 66.7 Å². The predicted molar refractivity (Wildman–Crippen MR) is 122 cm³/mol. The van der Waals surface area contributed by atoms with E-state index in [0.717, 1.165) is 17.0 Å². The molecule has 8 nitrogen and oxygen atoms in total. The Kier molecular flexibility index (Phi) is 5.47. The fourth-order valence-corrected chi connectivity index (χ4v) is 4.80. The standard InChI is InChI=1S/C23H14Cl2FN3O5/c24-12-4-9-17(18(25)10-12)20-19-21(34-28(20)15-2-1-3-16(11-15)29(32)33)23(31)27(22(19)30)14-7-5-13(26)6-8-14/h1-11,19-21H. The van der Waals surface area contributed by atoms with Crippen molar-refractivity contribution in [2.24, 2.45) is 5.92 Å². The molecule has 2 fully saturated rings. The van der Waals surface area contributed by atoms with Gasteiger partial charge in [0.05, 0.1) is 22.3 Å². The number of hydrogen-bond donors (Lipinski definition) is 0. The van der Waals surface area contributed by atoms with Gasteiger partial charge < -0.3 is 0 Å². The first-order chi connectivity index (χ1) is 16.3. The lowest BCUT2D eigenvalue weighted by Crippen LogP contribution is -2.37. The molecule has 172 valence electrons. The minimum Gasteiger partial charge on any atom is -0.273 e.